The van der Waals surface area contributed by atoms with Crippen molar-refractivity contribution >= 4 is 0 Å². The highest BCUT2D eigenvalue weighted by atomic mass is 19.4. The van der Waals surface area contributed by atoms with E-state index < -0.39 is 11.7 Å². The van der Waals surface area contributed by atoms with E-state index in [0.29, 0.717) is 5.69 Å². The van der Waals surface area contributed by atoms with Gasteiger partial charge >= 0.3 is 6.18 Å². The van der Waals surface area contributed by atoms with E-state index in [-0.39, 0.29) is 0 Å². The second-order valence-electron chi connectivity index (χ2n) is 6.22. The minimum absolute atomic E-state index is 0.652. The largest absolute Gasteiger partial charge is 0.416 e. The Labute approximate surface area is 155 Å². The van der Waals surface area contributed by atoms with Crippen molar-refractivity contribution in [1.29, 1.82) is 0 Å². The lowest BCUT2D eigenvalue weighted by atomic mass is 10.1. The van der Waals surface area contributed by atoms with Crippen LogP contribution in [-0.4, -0.2) is 4.57 Å². The van der Waals surface area contributed by atoms with Crippen LogP contribution >= 0.6 is 0 Å². The zero-order valence-electron chi connectivity index (χ0n) is 14.3. The van der Waals surface area contributed by atoms with E-state index in [2.05, 4.69) is 0 Å². The quantitative estimate of drug-likeness (QED) is 0.376. The van der Waals surface area contributed by atoms with Gasteiger partial charge in [0, 0.05) is 5.69 Å². The van der Waals surface area contributed by atoms with E-state index >= 15 is 0 Å². The van der Waals surface area contributed by atoms with Gasteiger partial charge in [0.25, 0.3) is 0 Å². The Balaban J connectivity index is 1.90. The Morgan fingerprint density at radius 3 is 1.37 bits per heavy atom. The molecule has 0 spiro atoms. The van der Waals surface area contributed by atoms with E-state index in [1.807, 2.05) is 77.4 Å². The summed E-state index contributed by atoms with van der Waals surface area (Å²) in [6, 6.07) is 28.9. The fraction of sp³-hybridized carbons (Fsp3) is 0.0435. The molecule has 3 aromatic carbocycles. The van der Waals surface area contributed by atoms with Gasteiger partial charge in [-0.15, -0.1) is 0 Å². The first-order valence-corrected chi connectivity index (χ1v) is 8.54. The van der Waals surface area contributed by atoms with Crippen molar-refractivity contribution < 1.29 is 13.2 Å². The van der Waals surface area contributed by atoms with Gasteiger partial charge in [-0.25, -0.2) is 0 Å². The highest BCUT2D eigenvalue weighted by molar-refractivity contribution is 5.73. The lowest BCUT2D eigenvalue weighted by molar-refractivity contribution is -0.137. The van der Waals surface area contributed by atoms with Crippen molar-refractivity contribution in [2.75, 3.05) is 0 Å². The molecule has 0 amide bonds. The molecular formula is C23H16F3N. The van der Waals surface area contributed by atoms with Crippen molar-refractivity contribution in [3.63, 3.8) is 0 Å². The average Bonchev–Trinajstić information content (AvgIpc) is 3.14. The molecule has 1 heterocycles. The Kier molecular flexibility index (Phi) is 4.32. The minimum atomic E-state index is -4.35. The number of halogens is 3. The molecule has 4 heteroatoms. The summed E-state index contributed by atoms with van der Waals surface area (Å²) in [7, 11) is 0. The van der Waals surface area contributed by atoms with E-state index in [1.165, 1.54) is 12.1 Å². The van der Waals surface area contributed by atoms with Crippen LogP contribution < -0.4 is 0 Å². The summed E-state index contributed by atoms with van der Waals surface area (Å²) in [5.41, 5.74) is 3.88. The average molecular weight is 363 g/mol. The second kappa shape index (κ2) is 6.80. The van der Waals surface area contributed by atoms with Crippen molar-refractivity contribution in [2.24, 2.45) is 0 Å². The zero-order chi connectivity index (χ0) is 18.9. The van der Waals surface area contributed by atoms with Crippen LogP contribution in [0.4, 0.5) is 13.2 Å². The van der Waals surface area contributed by atoms with Gasteiger partial charge in [-0.3, -0.25) is 0 Å². The molecule has 0 aliphatic rings. The van der Waals surface area contributed by atoms with Gasteiger partial charge in [-0.1, -0.05) is 60.7 Å². The van der Waals surface area contributed by atoms with Gasteiger partial charge in [0.15, 0.2) is 0 Å². The van der Waals surface area contributed by atoms with Gasteiger partial charge in [-0.05, 0) is 47.5 Å². The lowest BCUT2D eigenvalue weighted by Gasteiger charge is -2.15. The summed E-state index contributed by atoms with van der Waals surface area (Å²) in [5.74, 6) is 0. The first-order chi connectivity index (χ1) is 13.0. The topological polar surface area (TPSA) is 4.93 Å². The van der Waals surface area contributed by atoms with E-state index in [4.69, 9.17) is 0 Å². The molecule has 0 N–H and O–H groups in total. The maximum atomic E-state index is 12.9. The highest BCUT2D eigenvalue weighted by Gasteiger charge is 2.30. The molecule has 0 bridgehead atoms. The Morgan fingerprint density at radius 2 is 0.963 bits per heavy atom. The molecule has 27 heavy (non-hydrogen) atoms. The number of benzene rings is 3. The molecule has 134 valence electrons. The molecule has 0 saturated heterocycles. The Bertz CT molecular complexity index is 974. The second-order valence-corrected chi connectivity index (χ2v) is 6.22. The number of nitrogens with zero attached hydrogens (tertiary/aromatic N) is 1. The predicted molar refractivity (Wildman–Crippen MR) is 102 cm³/mol. The highest BCUT2D eigenvalue weighted by Crippen LogP contribution is 2.34. The van der Waals surface area contributed by atoms with Crippen LogP contribution in [-0.2, 0) is 6.18 Å². The minimum Gasteiger partial charge on any atom is -0.309 e. The van der Waals surface area contributed by atoms with Crippen LogP contribution in [0.2, 0.25) is 0 Å². The normalized spacial score (nSPS) is 11.5. The number of rotatable bonds is 3. The third-order valence-corrected chi connectivity index (χ3v) is 4.47. The molecule has 0 unspecified atom stereocenters. The number of aromatic nitrogens is 1. The molecule has 0 radical (unpaired) electrons. The van der Waals surface area contributed by atoms with Gasteiger partial charge < -0.3 is 4.57 Å². The van der Waals surface area contributed by atoms with Crippen molar-refractivity contribution in [3.05, 3.63) is 103 Å². The van der Waals surface area contributed by atoms with Gasteiger partial charge in [0.2, 0.25) is 0 Å². The summed E-state index contributed by atoms with van der Waals surface area (Å²) in [4.78, 5) is 0. The summed E-state index contributed by atoms with van der Waals surface area (Å²) in [6.45, 7) is 0. The van der Waals surface area contributed by atoms with Crippen molar-refractivity contribution in [3.8, 4) is 28.2 Å². The fourth-order valence-corrected chi connectivity index (χ4v) is 3.18. The number of hydrogen-bond donors (Lipinski definition) is 0. The number of hydrogen-bond acceptors (Lipinski definition) is 0. The molecule has 0 saturated carbocycles. The monoisotopic (exact) mass is 363 g/mol. The summed E-state index contributed by atoms with van der Waals surface area (Å²) >= 11 is 0. The van der Waals surface area contributed by atoms with E-state index in [9.17, 15) is 13.2 Å². The van der Waals surface area contributed by atoms with Crippen LogP contribution in [0.25, 0.3) is 28.2 Å². The van der Waals surface area contributed by atoms with E-state index in [1.54, 1.807) is 0 Å². The van der Waals surface area contributed by atoms with E-state index in [0.717, 1.165) is 34.6 Å². The fourth-order valence-electron chi connectivity index (χ4n) is 3.18. The molecule has 4 rings (SSSR count). The van der Waals surface area contributed by atoms with Crippen LogP contribution in [0.15, 0.2) is 97.1 Å². The van der Waals surface area contributed by atoms with Gasteiger partial charge in [-0.2, -0.15) is 13.2 Å². The third kappa shape index (κ3) is 3.38. The van der Waals surface area contributed by atoms with Crippen LogP contribution in [0, 0.1) is 0 Å². The van der Waals surface area contributed by atoms with Crippen LogP contribution in [0.1, 0.15) is 5.56 Å². The zero-order valence-corrected chi connectivity index (χ0v) is 14.3. The maximum Gasteiger partial charge on any atom is 0.416 e. The molecule has 0 aliphatic carbocycles. The van der Waals surface area contributed by atoms with Crippen molar-refractivity contribution in [1.82, 2.24) is 4.57 Å². The van der Waals surface area contributed by atoms with Gasteiger partial charge in [0.05, 0.1) is 17.0 Å². The summed E-state index contributed by atoms with van der Waals surface area (Å²) < 4.78 is 40.8. The van der Waals surface area contributed by atoms with Crippen LogP contribution in [0.5, 0.6) is 0 Å². The molecule has 0 fully saturated rings. The standard InChI is InChI=1S/C23H16F3N/c24-23(25,26)19-11-13-20(14-12-19)27-21(17-7-3-1-4-8-17)15-16-22(27)18-9-5-2-6-10-18/h1-16H. The molecule has 1 nitrogen and oxygen atoms in total. The predicted octanol–water partition coefficient (Wildman–Crippen LogP) is 6.83. The molecule has 0 aliphatic heterocycles. The lowest BCUT2D eigenvalue weighted by Crippen LogP contribution is -2.05. The Morgan fingerprint density at radius 1 is 0.519 bits per heavy atom. The number of alkyl halides is 3. The molecule has 1 aromatic heterocycles. The smallest absolute Gasteiger partial charge is 0.309 e. The van der Waals surface area contributed by atoms with Gasteiger partial charge in [0.1, 0.15) is 0 Å². The summed E-state index contributed by atoms with van der Waals surface area (Å²) in [6.07, 6.45) is -4.35. The SMILES string of the molecule is FC(F)(F)c1ccc(-n2c(-c3ccccc3)ccc2-c2ccccc2)cc1. The maximum absolute atomic E-state index is 12.9. The molecular weight excluding hydrogens is 347 g/mol. The molecule has 0 atom stereocenters. The Hall–Kier alpha value is -3.27. The first-order valence-electron chi connectivity index (χ1n) is 8.54. The molecule has 4 aromatic rings. The van der Waals surface area contributed by atoms with Crippen molar-refractivity contribution in [2.45, 2.75) is 6.18 Å². The third-order valence-electron chi connectivity index (χ3n) is 4.47. The summed E-state index contributed by atoms with van der Waals surface area (Å²) in [5, 5.41) is 0. The first kappa shape index (κ1) is 17.2. The van der Waals surface area contributed by atoms with Crippen LogP contribution in [0.3, 0.4) is 0 Å².